The normalized spacial score (nSPS) is 13.0. The van der Waals surface area contributed by atoms with E-state index in [-0.39, 0.29) is 0 Å². The van der Waals surface area contributed by atoms with Crippen LogP contribution in [0.3, 0.4) is 0 Å². The minimum atomic E-state index is 0.328. The maximum absolute atomic E-state index is 3.69. The van der Waals surface area contributed by atoms with Gasteiger partial charge in [-0.2, -0.15) is 0 Å². The molecule has 0 aliphatic heterocycles. The van der Waals surface area contributed by atoms with E-state index in [4.69, 9.17) is 0 Å². The zero-order valence-electron chi connectivity index (χ0n) is 14.9. The van der Waals surface area contributed by atoms with Gasteiger partial charge in [0.15, 0.2) is 0 Å². The molecule has 5 aromatic carbocycles. The van der Waals surface area contributed by atoms with Crippen molar-refractivity contribution < 1.29 is 0 Å². The van der Waals surface area contributed by atoms with Crippen LogP contribution in [0.25, 0.3) is 32.3 Å². The fraction of sp³-hybridized carbons (Fsp3) is 0.120. The summed E-state index contributed by atoms with van der Waals surface area (Å²) in [5, 5.41) is 11.8. The Morgan fingerprint density at radius 3 is 2.08 bits per heavy atom. The Morgan fingerprint density at radius 1 is 0.654 bits per heavy atom. The molecule has 0 saturated heterocycles. The van der Waals surface area contributed by atoms with Crippen molar-refractivity contribution in [3.05, 3.63) is 96.1 Å². The van der Waals surface area contributed by atoms with Gasteiger partial charge < -0.3 is 5.32 Å². The standard InChI is InChI=1S/C25H21N/c1-17(18-6-3-2-4-7-18)26-16-22-13-12-21-11-10-19-8-5-9-20-14-15-23(22)25(21)24(19)20/h2-15,17,26H,16H2,1H3/t17-/m1/s1. The van der Waals surface area contributed by atoms with E-state index in [2.05, 4.69) is 97.2 Å². The van der Waals surface area contributed by atoms with Gasteiger partial charge in [0.25, 0.3) is 0 Å². The second-order valence-electron chi connectivity index (χ2n) is 7.09. The Kier molecular flexibility index (Phi) is 3.62. The number of hydrogen-bond acceptors (Lipinski definition) is 1. The van der Waals surface area contributed by atoms with E-state index >= 15 is 0 Å². The van der Waals surface area contributed by atoms with Crippen molar-refractivity contribution in [1.82, 2.24) is 5.32 Å². The smallest absolute Gasteiger partial charge is 0.0294 e. The molecule has 0 amide bonds. The zero-order valence-corrected chi connectivity index (χ0v) is 14.9. The highest BCUT2D eigenvalue weighted by Crippen LogP contribution is 2.35. The molecule has 5 aromatic rings. The highest BCUT2D eigenvalue weighted by molar-refractivity contribution is 6.23. The Bertz CT molecular complexity index is 1170. The molecule has 1 nitrogen and oxygen atoms in total. The van der Waals surface area contributed by atoms with Gasteiger partial charge in [-0.3, -0.25) is 0 Å². The number of nitrogens with one attached hydrogen (secondary N) is 1. The highest BCUT2D eigenvalue weighted by Gasteiger charge is 2.11. The van der Waals surface area contributed by atoms with Crippen molar-refractivity contribution in [2.75, 3.05) is 0 Å². The summed E-state index contributed by atoms with van der Waals surface area (Å²) in [7, 11) is 0. The molecule has 0 unspecified atom stereocenters. The molecule has 5 rings (SSSR count). The third kappa shape index (κ3) is 2.44. The average Bonchev–Trinajstić information content (AvgIpc) is 2.71. The predicted octanol–water partition coefficient (Wildman–Crippen LogP) is 6.43. The fourth-order valence-corrected chi connectivity index (χ4v) is 4.07. The lowest BCUT2D eigenvalue weighted by Gasteiger charge is -2.17. The summed E-state index contributed by atoms with van der Waals surface area (Å²) >= 11 is 0. The quantitative estimate of drug-likeness (QED) is 0.373. The van der Waals surface area contributed by atoms with Crippen LogP contribution in [-0.2, 0) is 6.54 Å². The molecule has 0 heterocycles. The number of benzene rings is 5. The second-order valence-corrected chi connectivity index (χ2v) is 7.09. The molecule has 0 radical (unpaired) electrons. The molecule has 1 heteroatoms. The van der Waals surface area contributed by atoms with Crippen LogP contribution >= 0.6 is 0 Å². The van der Waals surface area contributed by atoms with E-state index in [1.54, 1.807) is 0 Å². The summed E-state index contributed by atoms with van der Waals surface area (Å²) in [6, 6.07) is 31.1. The van der Waals surface area contributed by atoms with Gasteiger partial charge in [0.1, 0.15) is 0 Å². The molecule has 0 fully saturated rings. The molecule has 1 atom stereocenters. The van der Waals surface area contributed by atoms with Crippen molar-refractivity contribution in [2.45, 2.75) is 19.5 Å². The lowest BCUT2D eigenvalue weighted by atomic mass is 9.92. The molecule has 0 aliphatic rings. The molecular formula is C25H21N. The van der Waals surface area contributed by atoms with E-state index in [0.29, 0.717) is 6.04 Å². The number of hydrogen-bond donors (Lipinski definition) is 1. The van der Waals surface area contributed by atoms with Crippen LogP contribution in [0, 0.1) is 0 Å². The van der Waals surface area contributed by atoms with E-state index in [0.717, 1.165) is 6.54 Å². The maximum Gasteiger partial charge on any atom is 0.0294 e. The van der Waals surface area contributed by atoms with Crippen LogP contribution in [0.4, 0.5) is 0 Å². The first-order valence-electron chi connectivity index (χ1n) is 9.25. The van der Waals surface area contributed by atoms with Crippen molar-refractivity contribution >= 4 is 32.3 Å². The van der Waals surface area contributed by atoms with Gasteiger partial charge in [-0.1, -0.05) is 84.9 Å². The summed E-state index contributed by atoms with van der Waals surface area (Å²) in [4.78, 5) is 0. The van der Waals surface area contributed by atoms with Gasteiger partial charge in [0, 0.05) is 12.6 Å². The molecular weight excluding hydrogens is 314 g/mol. The van der Waals surface area contributed by atoms with Crippen LogP contribution in [0.2, 0.25) is 0 Å². The van der Waals surface area contributed by atoms with E-state index in [1.165, 1.54) is 43.4 Å². The molecule has 26 heavy (non-hydrogen) atoms. The Hall–Kier alpha value is -2.90. The van der Waals surface area contributed by atoms with Crippen molar-refractivity contribution in [2.24, 2.45) is 0 Å². The minimum Gasteiger partial charge on any atom is -0.306 e. The molecule has 0 saturated carbocycles. The molecule has 0 bridgehead atoms. The van der Waals surface area contributed by atoms with Crippen molar-refractivity contribution in [3.8, 4) is 0 Å². The molecule has 0 aliphatic carbocycles. The first-order valence-corrected chi connectivity index (χ1v) is 9.25. The largest absolute Gasteiger partial charge is 0.306 e. The lowest BCUT2D eigenvalue weighted by Crippen LogP contribution is -2.18. The fourth-order valence-electron chi connectivity index (χ4n) is 4.07. The molecule has 1 N–H and O–H groups in total. The summed E-state index contributed by atoms with van der Waals surface area (Å²) in [6.45, 7) is 3.09. The second kappa shape index (κ2) is 6.12. The summed E-state index contributed by atoms with van der Waals surface area (Å²) < 4.78 is 0. The summed E-state index contributed by atoms with van der Waals surface area (Å²) in [6.07, 6.45) is 0. The van der Waals surface area contributed by atoms with Crippen LogP contribution in [0.5, 0.6) is 0 Å². The van der Waals surface area contributed by atoms with Crippen molar-refractivity contribution in [3.63, 3.8) is 0 Å². The molecule has 0 spiro atoms. The maximum atomic E-state index is 3.69. The van der Waals surface area contributed by atoms with Gasteiger partial charge in [0.05, 0.1) is 0 Å². The van der Waals surface area contributed by atoms with Gasteiger partial charge >= 0.3 is 0 Å². The van der Waals surface area contributed by atoms with Gasteiger partial charge in [-0.05, 0) is 50.4 Å². The minimum absolute atomic E-state index is 0.328. The number of rotatable bonds is 4. The van der Waals surface area contributed by atoms with Gasteiger partial charge in [0.2, 0.25) is 0 Å². The Morgan fingerprint density at radius 2 is 1.31 bits per heavy atom. The first kappa shape index (κ1) is 15.4. The zero-order chi connectivity index (χ0) is 17.5. The third-order valence-electron chi connectivity index (χ3n) is 5.52. The summed E-state index contributed by atoms with van der Waals surface area (Å²) in [5.41, 5.74) is 2.68. The first-order chi connectivity index (χ1) is 12.8. The van der Waals surface area contributed by atoms with E-state index in [1.807, 2.05) is 0 Å². The van der Waals surface area contributed by atoms with E-state index < -0.39 is 0 Å². The molecule has 126 valence electrons. The topological polar surface area (TPSA) is 12.0 Å². The molecule has 0 aromatic heterocycles. The van der Waals surface area contributed by atoms with Crippen LogP contribution < -0.4 is 5.32 Å². The third-order valence-corrected chi connectivity index (χ3v) is 5.52. The predicted molar refractivity (Wildman–Crippen MR) is 112 cm³/mol. The average molecular weight is 335 g/mol. The van der Waals surface area contributed by atoms with E-state index in [9.17, 15) is 0 Å². The van der Waals surface area contributed by atoms with Gasteiger partial charge in [-0.25, -0.2) is 0 Å². The van der Waals surface area contributed by atoms with Gasteiger partial charge in [-0.15, -0.1) is 0 Å². The lowest BCUT2D eigenvalue weighted by molar-refractivity contribution is 0.576. The van der Waals surface area contributed by atoms with Crippen LogP contribution in [0.1, 0.15) is 24.1 Å². The Labute approximate surface area is 153 Å². The highest BCUT2D eigenvalue weighted by atomic mass is 14.9. The Balaban J connectivity index is 1.58. The van der Waals surface area contributed by atoms with Crippen LogP contribution in [0.15, 0.2) is 84.9 Å². The summed E-state index contributed by atoms with van der Waals surface area (Å²) in [5.74, 6) is 0. The van der Waals surface area contributed by atoms with Crippen molar-refractivity contribution in [1.29, 1.82) is 0 Å². The SMILES string of the molecule is C[C@@H](NCc1ccc2ccc3cccc4ccc1c2c34)c1ccccc1. The van der Waals surface area contributed by atoms with Crippen LogP contribution in [-0.4, -0.2) is 0 Å². The monoisotopic (exact) mass is 335 g/mol.